The van der Waals surface area contributed by atoms with E-state index >= 15 is 0 Å². The van der Waals surface area contributed by atoms with Gasteiger partial charge in [-0.15, -0.1) is 0 Å². The lowest BCUT2D eigenvalue weighted by Gasteiger charge is -2.48. The van der Waals surface area contributed by atoms with E-state index in [4.69, 9.17) is 0 Å². The van der Waals surface area contributed by atoms with E-state index in [1.54, 1.807) is 24.3 Å². The van der Waals surface area contributed by atoms with Gasteiger partial charge in [0.1, 0.15) is 5.82 Å². The second-order valence-corrected chi connectivity index (χ2v) is 9.04. The van der Waals surface area contributed by atoms with Crippen molar-refractivity contribution in [3.8, 4) is 0 Å². The first-order chi connectivity index (χ1) is 15.3. The van der Waals surface area contributed by atoms with Crippen LogP contribution in [0, 0.1) is 12.7 Å². The summed E-state index contributed by atoms with van der Waals surface area (Å²) in [7, 11) is 0. The van der Waals surface area contributed by atoms with Crippen molar-refractivity contribution in [2.45, 2.75) is 50.3 Å². The number of carbonyl (C=O) groups excluding carboxylic acids is 2. The maximum Gasteiger partial charge on any atom is 0.251 e. The van der Waals surface area contributed by atoms with Gasteiger partial charge in [0.05, 0.1) is 18.2 Å². The van der Waals surface area contributed by atoms with Gasteiger partial charge in [0, 0.05) is 24.7 Å². The first-order valence-corrected chi connectivity index (χ1v) is 11.2. The van der Waals surface area contributed by atoms with Crippen molar-refractivity contribution in [2.24, 2.45) is 0 Å². The molecule has 2 aromatic carbocycles. The van der Waals surface area contributed by atoms with E-state index in [1.165, 1.54) is 12.1 Å². The van der Waals surface area contributed by atoms with Gasteiger partial charge in [-0.05, 0) is 62.4 Å². The molecule has 32 heavy (non-hydrogen) atoms. The van der Waals surface area contributed by atoms with E-state index in [2.05, 4.69) is 15.5 Å². The summed E-state index contributed by atoms with van der Waals surface area (Å²) < 4.78 is 13.2. The molecular formula is C25H30FN3O3. The van der Waals surface area contributed by atoms with Gasteiger partial charge in [-0.25, -0.2) is 4.39 Å². The van der Waals surface area contributed by atoms with Crippen molar-refractivity contribution in [1.82, 2.24) is 15.5 Å². The number of benzene rings is 2. The highest BCUT2D eigenvalue weighted by Gasteiger charge is 2.40. The van der Waals surface area contributed by atoms with Crippen LogP contribution in [0.25, 0.3) is 0 Å². The third-order valence-corrected chi connectivity index (χ3v) is 6.64. The number of carbonyl (C=O) groups is 2. The van der Waals surface area contributed by atoms with Crippen LogP contribution in [0.1, 0.15) is 47.2 Å². The Balaban J connectivity index is 1.17. The van der Waals surface area contributed by atoms with Gasteiger partial charge in [0.2, 0.25) is 5.91 Å². The number of nitrogens with one attached hydrogen (secondary N) is 2. The summed E-state index contributed by atoms with van der Waals surface area (Å²) in [6.07, 6.45) is 3.01. The van der Waals surface area contributed by atoms with E-state index in [1.807, 2.05) is 19.1 Å². The summed E-state index contributed by atoms with van der Waals surface area (Å²) >= 11 is 0. The summed E-state index contributed by atoms with van der Waals surface area (Å²) in [6, 6.07) is 13.8. The van der Waals surface area contributed by atoms with Gasteiger partial charge in [0.25, 0.3) is 5.91 Å². The molecule has 6 nitrogen and oxygen atoms in total. The zero-order valence-corrected chi connectivity index (χ0v) is 18.3. The fourth-order valence-electron chi connectivity index (χ4n) is 4.72. The molecule has 3 N–H and O–H groups in total. The molecular weight excluding hydrogens is 409 g/mol. The average molecular weight is 440 g/mol. The molecule has 0 bridgehead atoms. The van der Waals surface area contributed by atoms with Gasteiger partial charge >= 0.3 is 0 Å². The number of likely N-dealkylation sites (tertiary alicyclic amines) is 1. The summed E-state index contributed by atoms with van der Waals surface area (Å²) in [5.74, 6) is -0.741. The number of rotatable bonds is 6. The molecule has 0 radical (unpaired) electrons. The largest absolute Gasteiger partial charge is 0.385 e. The lowest BCUT2D eigenvalue weighted by Crippen LogP contribution is -2.63. The van der Waals surface area contributed by atoms with E-state index in [-0.39, 0.29) is 30.2 Å². The lowest BCUT2D eigenvalue weighted by atomic mass is 9.76. The van der Waals surface area contributed by atoms with Crippen LogP contribution in [0.3, 0.4) is 0 Å². The van der Waals surface area contributed by atoms with Crippen LogP contribution in [0.2, 0.25) is 0 Å². The standard InChI is InChI=1S/C25H30FN3O3/c1-17-3-2-4-18(13-17)24(31)27-14-23(30)28-21-15-29(16-21)22-9-11-25(32,12-10-22)19-5-7-20(26)8-6-19/h2-8,13,21-22,32H,9-12,14-16H2,1H3,(H,27,31)(H,28,30). The summed E-state index contributed by atoms with van der Waals surface area (Å²) in [6.45, 7) is 3.42. The smallest absolute Gasteiger partial charge is 0.251 e. The molecule has 1 aliphatic carbocycles. The molecule has 2 fully saturated rings. The van der Waals surface area contributed by atoms with Crippen LogP contribution in [0.15, 0.2) is 48.5 Å². The molecule has 0 spiro atoms. The van der Waals surface area contributed by atoms with Crippen molar-refractivity contribution < 1.29 is 19.1 Å². The van der Waals surface area contributed by atoms with Crippen LogP contribution in [-0.2, 0) is 10.4 Å². The van der Waals surface area contributed by atoms with Gasteiger partial charge in [-0.1, -0.05) is 29.8 Å². The molecule has 4 rings (SSSR count). The number of hydrogen-bond acceptors (Lipinski definition) is 4. The molecule has 0 atom stereocenters. The quantitative estimate of drug-likeness (QED) is 0.646. The zero-order chi connectivity index (χ0) is 22.7. The minimum atomic E-state index is -0.891. The lowest BCUT2D eigenvalue weighted by molar-refractivity contribution is -0.122. The highest BCUT2D eigenvalue weighted by atomic mass is 19.1. The van der Waals surface area contributed by atoms with Crippen LogP contribution in [0.4, 0.5) is 4.39 Å². The predicted octanol–water partition coefficient (Wildman–Crippen LogP) is 2.49. The van der Waals surface area contributed by atoms with Crippen LogP contribution < -0.4 is 10.6 Å². The van der Waals surface area contributed by atoms with E-state index in [9.17, 15) is 19.1 Å². The minimum absolute atomic E-state index is 0.0442. The Morgan fingerprint density at radius 3 is 2.47 bits per heavy atom. The molecule has 1 saturated carbocycles. The van der Waals surface area contributed by atoms with E-state index in [0.29, 0.717) is 24.4 Å². The Kier molecular flexibility index (Phi) is 6.58. The maximum atomic E-state index is 13.2. The summed E-state index contributed by atoms with van der Waals surface area (Å²) in [4.78, 5) is 26.7. The first kappa shape index (κ1) is 22.4. The van der Waals surface area contributed by atoms with Crippen LogP contribution in [-0.4, -0.2) is 53.5 Å². The molecule has 2 aromatic rings. The van der Waals surface area contributed by atoms with Gasteiger partial charge in [-0.2, -0.15) is 0 Å². The van der Waals surface area contributed by atoms with Crippen molar-refractivity contribution >= 4 is 11.8 Å². The van der Waals surface area contributed by atoms with Gasteiger partial charge < -0.3 is 15.7 Å². The average Bonchev–Trinajstić information content (AvgIpc) is 2.75. The number of aliphatic hydroxyl groups is 1. The third-order valence-electron chi connectivity index (χ3n) is 6.64. The highest BCUT2D eigenvalue weighted by Crippen LogP contribution is 2.39. The van der Waals surface area contributed by atoms with Gasteiger partial charge in [-0.3, -0.25) is 14.5 Å². The molecule has 170 valence electrons. The Bertz CT molecular complexity index is 965. The van der Waals surface area contributed by atoms with Crippen molar-refractivity contribution in [3.05, 3.63) is 71.0 Å². The predicted molar refractivity (Wildman–Crippen MR) is 120 cm³/mol. The molecule has 2 aliphatic rings. The van der Waals surface area contributed by atoms with E-state index in [0.717, 1.165) is 37.1 Å². The molecule has 1 saturated heterocycles. The maximum absolute atomic E-state index is 13.2. The third kappa shape index (κ3) is 5.16. The Hall–Kier alpha value is -2.77. The van der Waals surface area contributed by atoms with Crippen molar-refractivity contribution in [3.63, 3.8) is 0 Å². The monoisotopic (exact) mass is 439 g/mol. The molecule has 1 aliphatic heterocycles. The minimum Gasteiger partial charge on any atom is -0.385 e. The zero-order valence-electron chi connectivity index (χ0n) is 18.3. The summed E-state index contributed by atoms with van der Waals surface area (Å²) in [5, 5.41) is 16.6. The van der Waals surface area contributed by atoms with E-state index < -0.39 is 5.60 Å². The second kappa shape index (κ2) is 9.38. The normalized spacial score (nSPS) is 23.9. The molecule has 7 heteroatoms. The Morgan fingerprint density at radius 1 is 1.12 bits per heavy atom. The highest BCUT2D eigenvalue weighted by molar-refractivity contribution is 5.96. The SMILES string of the molecule is Cc1cccc(C(=O)NCC(=O)NC2CN(C3CCC(O)(c4ccc(F)cc4)CC3)C2)c1. The number of hydrogen-bond donors (Lipinski definition) is 3. The molecule has 0 unspecified atom stereocenters. The molecule has 0 aromatic heterocycles. The molecule has 2 amide bonds. The molecule has 1 heterocycles. The van der Waals surface area contributed by atoms with Crippen LogP contribution in [0.5, 0.6) is 0 Å². The first-order valence-electron chi connectivity index (χ1n) is 11.2. The fraction of sp³-hybridized carbons (Fsp3) is 0.440. The van der Waals surface area contributed by atoms with Crippen LogP contribution >= 0.6 is 0 Å². The number of aryl methyl sites for hydroxylation is 1. The van der Waals surface area contributed by atoms with Gasteiger partial charge in [0.15, 0.2) is 0 Å². The number of nitrogens with zero attached hydrogens (tertiary/aromatic N) is 1. The Labute approximate surface area is 187 Å². The topological polar surface area (TPSA) is 81.7 Å². The fourth-order valence-corrected chi connectivity index (χ4v) is 4.72. The number of halogens is 1. The summed E-state index contributed by atoms with van der Waals surface area (Å²) in [5.41, 5.74) is 1.43. The number of amides is 2. The second-order valence-electron chi connectivity index (χ2n) is 9.04. The van der Waals surface area contributed by atoms with Crippen molar-refractivity contribution in [2.75, 3.05) is 19.6 Å². The Morgan fingerprint density at radius 2 is 1.81 bits per heavy atom. The van der Waals surface area contributed by atoms with Crippen molar-refractivity contribution in [1.29, 1.82) is 0 Å².